The van der Waals surface area contributed by atoms with Crippen molar-refractivity contribution in [1.29, 1.82) is 0 Å². The Kier molecular flexibility index (Phi) is 5.53. The monoisotopic (exact) mass is 260 g/mol. The van der Waals surface area contributed by atoms with Crippen LogP contribution in [0.25, 0.3) is 0 Å². The molecule has 0 aromatic carbocycles. The van der Waals surface area contributed by atoms with Crippen molar-refractivity contribution in [2.75, 3.05) is 0 Å². The molecule has 0 fully saturated rings. The second-order valence-corrected chi connectivity index (χ2v) is 4.89. The van der Waals surface area contributed by atoms with E-state index in [2.05, 4.69) is 18.8 Å². The molecule has 1 aromatic heterocycles. The van der Waals surface area contributed by atoms with Gasteiger partial charge in [-0.05, 0) is 18.4 Å². The van der Waals surface area contributed by atoms with Crippen LogP contribution in [0.1, 0.15) is 44.8 Å². The molecule has 1 aromatic rings. The first-order chi connectivity index (χ1) is 7.58. The van der Waals surface area contributed by atoms with Crippen LogP contribution in [0, 0.1) is 5.92 Å². The molecule has 1 rings (SSSR count). The van der Waals surface area contributed by atoms with Crippen molar-refractivity contribution in [3.05, 3.63) is 28.0 Å². The summed E-state index contributed by atoms with van der Waals surface area (Å²) in [5.74, 6) is 0.628. The quantitative estimate of drug-likeness (QED) is 0.862. The normalized spacial score (nSPS) is 13.1. The second kappa shape index (κ2) is 6.43. The number of rotatable bonds is 5. The van der Waals surface area contributed by atoms with E-state index in [1.165, 1.54) is 0 Å². The maximum Gasteiger partial charge on any atom is 0.0758 e. The zero-order valence-electron chi connectivity index (χ0n) is 9.71. The Bertz CT molecular complexity index is 338. The van der Waals surface area contributed by atoms with E-state index < -0.39 is 0 Å². The first-order valence-electron chi connectivity index (χ1n) is 5.65. The van der Waals surface area contributed by atoms with Crippen LogP contribution in [0.3, 0.4) is 0 Å². The molecule has 0 aliphatic carbocycles. The van der Waals surface area contributed by atoms with Crippen molar-refractivity contribution in [3.63, 3.8) is 0 Å². The molecule has 1 heterocycles. The third kappa shape index (κ3) is 3.62. The molecule has 1 unspecified atom stereocenters. The van der Waals surface area contributed by atoms with Crippen molar-refractivity contribution in [2.24, 2.45) is 11.7 Å². The van der Waals surface area contributed by atoms with E-state index >= 15 is 0 Å². The Labute approximate surface area is 107 Å². The number of hydrogen-bond donors (Lipinski definition) is 1. The van der Waals surface area contributed by atoms with Gasteiger partial charge in [0.05, 0.1) is 15.7 Å². The number of nitrogens with two attached hydrogens (primary N) is 1. The highest BCUT2D eigenvalue weighted by Crippen LogP contribution is 2.28. The van der Waals surface area contributed by atoms with Crippen LogP contribution >= 0.6 is 23.2 Å². The lowest BCUT2D eigenvalue weighted by atomic mass is 9.93. The van der Waals surface area contributed by atoms with E-state index in [-0.39, 0.29) is 6.04 Å². The predicted molar refractivity (Wildman–Crippen MR) is 69.9 cm³/mol. The Balaban J connectivity index is 2.76. The zero-order chi connectivity index (χ0) is 12.1. The molecule has 0 aliphatic heterocycles. The zero-order valence-corrected chi connectivity index (χ0v) is 11.2. The van der Waals surface area contributed by atoms with Crippen LogP contribution in [0.2, 0.25) is 10.0 Å². The summed E-state index contributed by atoms with van der Waals surface area (Å²) in [6.45, 7) is 4.36. The first-order valence-corrected chi connectivity index (χ1v) is 6.40. The molecule has 2 nitrogen and oxygen atoms in total. The molecular formula is C12H18Cl2N2. The average Bonchev–Trinajstić information content (AvgIpc) is 2.25. The van der Waals surface area contributed by atoms with Gasteiger partial charge in [0.2, 0.25) is 0 Å². The van der Waals surface area contributed by atoms with Crippen molar-refractivity contribution in [3.8, 4) is 0 Å². The van der Waals surface area contributed by atoms with Gasteiger partial charge in [-0.3, -0.25) is 4.98 Å². The number of hydrogen-bond acceptors (Lipinski definition) is 2. The minimum absolute atomic E-state index is 0.102. The highest BCUT2D eigenvalue weighted by molar-refractivity contribution is 6.34. The summed E-state index contributed by atoms with van der Waals surface area (Å²) < 4.78 is 0. The van der Waals surface area contributed by atoms with Crippen molar-refractivity contribution >= 4 is 23.2 Å². The largest absolute Gasteiger partial charge is 0.323 e. The van der Waals surface area contributed by atoms with E-state index in [1.54, 1.807) is 12.3 Å². The van der Waals surface area contributed by atoms with Gasteiger partial charge in [-0.2, -0.15) is 0 Å². The molecule has 0 saturated carbocycles. The number of halogens is 2. The van der Waals surface area contributed by atoms with E-state index in [0.29, 0.717) is 16.0 Å². The number of pyridine rings is 1. The molecule has 0 amide bonds. The molecule has 4 heteroatoms. The fraction of sp³-hybridized carbons (Fsp3) is 0.583. The third-order valence-electron chi connectivity index (χ3n) is 2.93. The summed E-state index contributed by atoms with van der Waals surface area (Å²) in [6, 6.07) is 1.59. The maximum atomic E-state index is 6.11. The predicted octanol–water partition coefficient (Wildman–Crippen LogP) is 4.21. The Hall–Kier alpha value is -0.310. The highest BCUT2D eigenvalue weighted by Gasteiger charge is 2.16. The molecule has 16 heavy (non-hydrogen) atoms. The van der Waals surface area contributed by atoms with E-state index in [0.717, 1.165) is 25.0 Å². The number of nitrogens with zero attached hydrogens (tertiary/aromatic N) is 1. The van der Waals surface area contributed by atoms with Gasteiger partial charge >= 0.3 is 0 Å². The molecule has 0 saturated heterocycles. The van der Waals surface area contributed by atoms with Gasteiger partial charge in [-0.1, -0.05) is 49.9 Å². The van der Waals surface area contributed by atoms with Crippen LogP contribution in [-0.2, 0) is 0 Å². The fourth-order valence-electron chi connectivity index (χ4n) is 1.79. The Morgan fingerprint density at radius 2 is 1.94 bits per heavy atom. The van der Waals surface area contributed by atoms with Crippen LogP contribution < -0.4 is 5.73 Å². The maximum absolute atomic E-state index is 6.11. The van der Waals surface area contributed by atoms with Gasteiger partial charge in [-0.15, -0.1) is 0 Å². The first kappa shape index (κ1) is 13.8. The van der Waals surface area contributed by atoms with Gasteiger partial charge < -0.3 is 5.73 Å². The second-order valence-electron chi connectivity index (χ2n) is 4.05. The number of aromatic nitrogens is 1. The Morgan fingerprint density at radius 3 is 2.44 bits per heavy atom. The minimum Gasteiger partial charge on any atom is -0.323 e. The summed E-state index contributed by atoms with van der Waals surface area (Å²) in [6.07, 6.45) is 4.78. The summed E-state index contributed by atoms with van der Waals surface area (Å²) in [7, 11) is 0. The van der Waals surface area contributed by atoms with E-state index in [9.17, 15) is 0 Å². The standard InChI is InChI=1S/C12H18Cl2N2/c1-3-8(4-2)5-11(15)12-10(14)6-9(13)7-16-12/h6-8,11H,3-5,15H2,1-2H3. The van der Waals surface area contributed by atoms with Gasteiger partial charge in [-0.25, -0.2) is 0 Å². The molecule has 0 bridgehead atoms. The van der Waals surface area contributed by atoms with Gasteiger partial charge in [0.25, 0.3) is 0 Å². The average molecular weight is 261 g/mol. The van der Waals surface area contributed by atoms with Crippen LogP contribution in [0.15, 0.2) is 12.3 Å². The summed E-state index contributed by atoms with van der Waals surface area (Å²) in [5.41, 5.74) is 6.86. The van der Waals surface area contributed by atoms with Gasteiger partial charge in [0, 0.05) is 12.2 Å². The fourth-order valence-corrected chi connectivity index (χ4v) is 2.31. The summed E-state index contributed by atoms with van der Waals surface area (Å²) >= 11 is 11.9. The molecule has 90 valence electrons. The molecule has 0 radical (unpaired) electrons. The molecule has 0 spiro atoms. The van der Waals surface area contributed by atoms with Crippen LogP contribution in [-0.4, -0.2) is 4.98 Å². The van der Waals surface area contributed by atoms with Crippen molar-refractivity contribution < 1.29 is 0 Å². The summed E-state index contributed by atoms with van der Waals surface area (Å²) in [4.78, 5) is 4.21. The SMILES string of the molecule is CCC(CC)CC(N)c1ncc(Cl)cc1Cl. The molecule has 2 N–H and O–H groups in total. The van der Waals surface area contributed by atoms with E-state index in [1.807, 2.05) is 0 Å². The minimum atomic E-state index is -0.102. The van der Waals surface area contributed by atoms with Crippen molar-refractivity contribution in [1.82, 2.24) is 4.98 Å². The van der Waals surface area contributed by atoms with Gasteiger partial charge in [0.15, 0.2) is 0 Å². The lowest BCUT2D eigenvalue weighted by molar-refractivity contribution is 0.411. The molecule has 1 atom stereocenters. The van der Waals surface area contributed by atoms with E-state index in [4.69, 9.17) is 28.9 Å². The van der Waals surface area contributed by atoms with Gasteiger partial charge in [0.1, 0.15) is 0 Å². The highest BCUT2D eigenvalue weighted by atomic mass is 35.5. The van der Waals surface area contributed by atoms with Crippen LogP contribution in [0.4, 0.5) is 0 Å². The smallest absolute Gasteiger partial charge is 0.0758 e. The lowest BCUT2D eigenvalue weighted by Crippen LogP contribution is -2.16. The Morgan fingerprint density at radius 1 is 1.31 bits per heavy atom. The molecular weight excluding hydrogens is 243 g/mol. The molecule has 0 aliphatic rings. The third-order valence-corrected chi connectivity index (χ3v) is 3.44. The van der Waals surface area contributed by atoms with Crippen molar-refractivity contribution in [2.45, 2.75) is 39.2 Å². The topological polar surface area (TPSA) is 38.9 Å². The van der Waals surface area contributed by atoms with Crippen LogP contribution in [0.5, 0.6) is 0 Å². The lowest BCUT2D eigenvalue weighted by Gasteiger charge is -2.18. The summed E-state index contributed by atoms with van der Waals surface area (Å²) in [5, 5.41) is 1.11.